The Balaban J connectivity index is 3.14. The van der Waals surface area contributed by atoms with E-state index < -0.39 is 16.1 Å². The molecule has 0 heterocycles. The average Bonchev–Trinajstić information content (AvgIpc) is 2.37. The molecular formula is C12H17N3O3S. The minimum atomic E-state index is -3.66. The molecule has 1 aromatic carbocycles. The Hall–Kier alpha value is -1.78. The van der Waals surface area contributed by atoms with Crippen molar-refractivity contribution >= 4 is 15.7 Å². The maximum Gasteiger partial charge on any atom is 0.243 e. The van der Waals surface area contributed by atoms with Crippen LogP contribution < -0.4 is 10.5 Å². The Bertz CT molecular complexity index is 593. The monoisotopic (exact) mass is 283 g/mol. The molecule has 0 bridgehead atoms. The fourth-order valence-corrected chi connectivity index (χ4v) is 2.93. The van der Waals surface area contributed by atoms with Crippen molar-refractivity contribution in [3.05, 3.63) is 18.2 Å². The number of ether oxygens (including phenoxy) is 1. The van der Waals surface area contributed by atoms with Crippen molar-refractivity contribution in [2.75, 3.05) is 19.9 Å². The van der Waals surface area contributed by atoms with Crippen LogP contribution in [0.3, 0.4) is 0 Å². The van der Waals surface area contributed by atoms with Crippen LogP contribution in [0.25, 0.3) is 0 Å². The summed E-state index contributed by atoms with van der Waals surface area (Å²) in [5.41, 5.74) is 5.96. The Morgan fingerprint density at radius 2 is 2.16 bits per heavy atom. The molecule has 104 valence electrons. The number of nitrogen functional groups attached to an aromatic ring is 1. The highest BCUT2D eigenvalue weighted by molar-refractivity contribution is 7.89. The Labute approximate surface area is 113 Å². The number of nitriles is 1. The normalized spacial score (nSPS) is 13.0. The van der Waals surface area contributed by atoms with Crippen LogP contribution in [0.4, 0.5) is 5.69 Å². The lowest BCUT2D eigenvalue weighted by molar-refractivity contribution is 0.393. The van der Waals surface area contributed by atoms with Crippen LogP contribution in [0.15, 0.2) is 23.1 Å². The van der Waals surface area contributed by atoms with Gasteiger partial charge in [-0.15, -0.1) is 0 Å². The number of nitrogens with two attached hydrogens (primary N) is 1. The van der Waals surface area contributed by atoms with Crippen LogP contribution in [0, 0.1) is 11.3 Å². The third kappa shape index (κ3) is 3.16. The van der Waals surface area contributed by atoms with Gasteiger partial charge in [0.15, 0.2) is 0 Å². The number of hydrogen-bond donors (Lipinski definition) is 1. The zero-order valence-electron chi connectivity index (χ0n) is 11.1. The van der Waals surface area contributed by atoms with E-state index in [1.807, 2.05) is 6.07 Å². The van der Waals surface area contributed by atoms with Crippen molar-refractivity contribution in [1.82, 2.24) is 4.31 Å². The smallest absolute Gasteiger partial charge is 0.243 e. The molecule has 0 saturated heterocycles. The van der Waals surface area contributed by atoms with Gasteiger partial charge >= 0.3 is 0 Å². The number of benzene rings is 1. The van der Waals surface area contributed by atoms with Crippen molar-refractivity contribution in [3.8, 4) is 11.8 Å². The molecule has 0 radical (unpaired) electrons. The van der Waals surface area contributed by atoms with Crippen molar-refractivity contribution < 1.29 is 13.2 Å². The van der Waals surface area contributed by atoms with Crippen LogP contribution in [-0.4, -0.2) is 32.9 Å². The van der Waals surface area contributed by atoms with Crippen LogP contribution in [0.1, 0.15) is 13.3 Å². The first-order chi connectivity index (χ1) is 8.84. The number of sulfonamides is 1. The molecule has 0 aromatic heterocycles. The third-order valence-electron chi connectivity index (χ3n) is 2.89. The van der Waals surface area contributed by atoms with Gasteiger partial charge < -0.3 is 10.5 Å². The van der Waals surface area contributed by atoms with Gasteiger partial charge in [-0.1, -0.05) is 0 Å². The second-order valence-corrected chi connectivity index (χ2v) is 6.13. The minimum Gasteiger partial charge on any atom is -0.495 e. The molecule has 1 aromatic rings. The summed E-state index contributed by atoms with van der Waals surface area (Å²) in [4.78, 5) is 0.0816. The first-order valence-corrected chi connectivity index (χ1v) is 7.07. The molecule has 0 spiro atoms. The summed E-state index contributed by atoms with van der Waals surface area (Å²) in [6, 6.07) is 5.83. The predicted molar refractivity (Wildman–Crippen MR) is 72.0 cm³/mol. The van der Waals surface area contributed by atoms with E-state index >= 15 is 0 Å². The molecule has 0 amide bonds. The van der Waals surface area contributed by atoms with Crippen molar-refractivity contribution in [1.29, 1.82) is 5.26 Å². The summed E-state index contributed by atoms with van der Waals surface area (Å²) in [6.07, 6.45) is 0.126. The van der Waals surface area contributed by atoms with Gasteiger partial charge in [0, 0.05) is 13.1 Å². The molecule has 7 heteroatoms. The largest absolute Gasteiger partial charge is 0.495 e. The van der Waals surface area contributed by atoms with Crippen LogP contribution in [0.5, 0.6) is 5.75 Å². The molecule has 1 atom stereocenters. The van der Waals surface area contributed by atoms with E-state index in [2.05, 4.69) is 0 Å². The van der Waals surface area contributed by atoms with Gasteiger partial charge in [0.25, 0.3) is 0 Å². The highest BCUT2D eigenvalue weighted by Gasteiger charge is 2.25. The molecule has 1 rings (SSSR count). The second-order valence-electron chi connectivity index (χ2n) is 4.14. The maximum absolute atomic E-state index is 12.3. The van der Waals surface area contributed by atoms with E-state index in [-0.39, 0.29) is 17.0 Å². The lowest BCUT2D eigenvalue weighted by Gasteiger charge is -2.22. The molecule has 0 saturated carbocycles. The minimum absolute atomic E-state index is 0.0816. The van der Waals surface area contributed by atoms with E-state index in [4.69, 9.17) is 15.7 Å². The van der Waals surface area contributed by atoms with E-state index in [0.717, 1.165) is 4.31 Å². The number of nitrogens with zero attached hydrogens (tertiary/aromatic N) is 2. The van der Waals surface area contributed by atoms with Crippen LogP contribution in [-0.2, 0) is 10.0 Å². The molecule has 0 aliphatic rings. The highest BCUT2D eigenvalue weighted by Crippen LogP contribution is 2.26. The first-order valence-electron chi connectivity index (χ1n) is 5.63. The maximum atomic E-state index is 12.3. The fourth-order valence-electron chi connectivity index (χ4n) is 1.54. The molecule has 0 aliphatic carbocycles. The van der Waals surface area contributed by atoms with Crippen molar-refractivity contribution in [2.24, 2.45) is 0 Å². The average molecular weight is 283 g/mol. The number of hydrogen-bond acceptors (Lipinski definition) is 5. The van der Waals surface area contributed by atoms with Gasteiger partial charge in [0.1, 0.15) is 5.75 Å². The van der Waals surface area contributed by atoms with E-state index in [1.165, 1.54) is 32.4 Å². The van der Waals surface area contributed by atoms with Gasteiger partial charge in [-0.05, 0) is 25.1 Å². The Kier molecular flexibility index (Phi) is 4.75. The van der Waals surface area contributed by atoms with Gasteiger partial charge in [0.05, 0.1) is 30.2 Å². The van der Waals surface area contributed by atoms with E-state index in [9.17, 15) is 8.42 Å². The number of anilines is 1. The summed E-state index contributed by atoms with van der Waals surface area (Å²) in [5.74, 6) is 0.423. The fraction of sp³-hybridized carbons (Fsp3) is 0.417. The third-order valence-corrected chi connectivity index (χ3v) is 4.85. The molecule has 0 fully saturated rings. The number of rotatable bonds is 5. The van der Waals surface area contributed by atoms with Crippen molar-refractivity contribution in [2.45, 2.75) is 24.3 Å². The molecule has 19 heavy (non-hydrogen) atoms. The zero-order chi connectivity index (χ0) is 14.6. The standard InChI is InChI=1S/C12H17N3O3S/c1-9(6-7-13)15(2)19(16,17)10-4-5-12(18-3)11(14)8-10/h4-5,8-9H,6,14H2,1-3H3. The topological polar surface area (TPSA) is 96.4 Å². The van der Waals surface area contributed by atoms with E-state index in [1.54, 1.807) is 6.92 Å². The summed E-state index contributed by atoms with van der Waals surface area (Å²) < 4.78 is 30.8. The summed E-state index contributed by atoms with van der Waals surface area (Å²) in [5, 5.41) is 8.63. The lowest BCUT2D eigenvalue weighted by Crippen LogP contribution is -2.34. The van der Waals surface area contributed by atoms with Gasteiger partial charge in [-0.25, -0.2) is 8.42 Å². The van der Waals surface area contributed by atoms with Gasteiger partial charge in [-0.2, -0.15) is 9.57 Å². The Morgan fingerprint density at radius 1 is 1.53 bits per heavy atom. The van der Waals surface area contributed by atoms with Gasteiger partial charge in [-0.3, -0.25) is 0 Å². The lowest BCUT2D eigenvalue weighted by atomic mass is 10.3. The van der Waals surface area contributed by atoms with Crippen LogP contribution >= 0.6 is 0 Å². The van der Waals surface area contributed by atoms with Crippen LogP contribution in [0.2, 0.25) is 0 Å². The van der Waals surface area contributed by atoms with Crippen molar-refractivity contribution in [3.63, 3.8) is 0 Å². The molecule has 2 N–H and O–H groups in total. The summed E-state index contributed by atoms with van der Waals surface area (Å²) >= 11 is 0. The summed E-state index contributed by atoms with van der Waals surface area (Å²) in [6.45, 7) is 1.67. The molecule has 0 aliphatic heterocycles. The highest BCUT2D eigenvalue weighted by atomic mass is 32.2. The zero-order valence-corrected chi connectivity index (χ0v) is 11.9. The first kappa shape index (κ1) is 15.3. The van der Waals surface area contributed by atoms with E-state index in [0.29, 0.717) is 5.75 Å². The second kappa shape index (κ2) is 5.91. The molecule has 1 unspecified atom stereocenters. The van der Waals surface area contributed by atoms with Gasteiger partial charge in [0.2, 0.25) is 10.0 Å². The Morgan fingerprint density at radius 3 is 2.63 bits per heavy atom. The molecular weight excluding hydrogens is 266 g/mol. The predicted octanol–water partition coefficient (Wildman–Crippen LogP) is 1.20. The quantitative estimate of drug-likeness (QED) is 0.819. The summed E-state index contributed by atoms with van der Waals surface area (Å²) in [7, 11) is -0.760. The number of methoxy groups -OCH3 is 1. The SMILES string of the molecule is COc1ccc(S(=O)(=O)N(C)C(C)CC#N)cc1N. The molecule has 6 nitrogen and oxygen atoms in total.